The van der Waals surface area contributed by atoms with E-state index in [1.165, 1.54) is 36.4 Å². The Labute approximate surface area is 835 Å². The van der Waals surface area contributed by atoms with Crippen LogP contribution in [0.3, 0.4) is 0 Å². The Kier molecular flexibility index (Phi) is 61.3. The molecule has 0 aliphatic carbocycles. The summed E-state index contributed by atoms with van der Waals surface area (Å²) in [7, 11) is 8.15. The third-order valence-electron chi connectivity index (χ3n) is 15.2. The molecule has 0 spiro atoms. The smallest absolute Gasteiger partial charge is 1.00 e. The van der Waals surface area contributed by atoms with E-state index < -0.39 is 75.4 Å². The third kappa shape index (κ3) is 52.7. The van der Waals surface area contributed by atoms with Crippen molar-refractivity contribution in [2.24, 2.45) is 0 Å². The van der Waals surface area contributed by atoms with E-state index >= 15 is 0 Å². The molecule has 0 unspecified atom stereocenters. The number of ether oxygens (including phenoxy) is 10. The van der Waals surface area contributed by atoms with Gasteiger partial charge in [0.25, 0.3) is 0 Å². The average Bonchev–Trinajstić information content (AvgIpc) is 0.844. The molecule has 0 heterocycles. The van der Waals surface area contributed by atoms with Crippen LogP contribution in [0, 0.1) is 0 Å². The van der Waals surface area contributed by atoms with Gasteiger partial charge in [-0.25, -0.2) is 33.7 Å². The molecule has 42 nitrogen and oxygen atoms in total. The Hall–Kier alpha value is -7.72. The third-order valence-corrected chi connectivity index (χ3v) is 18.0. The molecule has 0 fully saturated rings. The molecule has 0 bridgehead atoms. The first-order chi connectivity index (χ1) is 58.5. The second kappa shape index (κ2) is 62.0. The second-order valence-electron chi connectivity index (χ2n) is 30.1. The summed E-state index contributed by atoms with van der Waals surface area (Å²) in [5.74, 6) is -2.46. The van der Waals surface area contributed by atoms with Gasteiger partial charge >= 0.3 is 59.1 Å². The van der Waals surface area contributed by atoms with Crippen molar-refractivity contribution in [3.63, 3.8) is 0 Å². The number of aldehydes is 12. The van der Waals surface area contributed by atoms with Gasteiger partial charge in [-0.1, -0.05) is 0 Å². The van der Waals surface area contributed by atoms with Gasteiger partial charge in [-0.3, -0.25) is 85.3 Å². The number of carbonyl (C=O) groups excluding carboxylic acids is 12. The molecule has 6 aromatic carbocycles. The molecule has 0 amide bonds. The summed E-state index contributed by atoms with van der Waals surface area (Å²) in [5, 5.41) is 18.1. The largest absolute Gasteiger partial charge is 1.00 e. The molecular formula is C78H100Br4N6Na2O36S4. The van der Waals surface area contributed by atoms with Gasteiger partial charge in [0.1, 0.15) is 114 Å². The summed E-state index contributed by atoms with van der Waals surface area (Å²) in [6.07, 6.45) is 6.61. The molecule has 712 valence electrons. The predicted octanol–water partition coefficient (Wildman–Crippen LogP) is -6.90. The summed E-state index contributed by atoms with van der Waals surface area (Å²) >= 11 is 6.16. The first-order valence-electron chi connectivity index (χ1n) is 36.1. The minimum Gasteiger partial charge on any atom is -1.00 e. The van der Waals surface area contributed by atoms with E-state index in [4.69, 9.17) is 48.1 Å². The number of hydrogen-bond acceptors (Lipinski definition) is 38. The van der Waals surface area contributed by atoms with Crippen LogP contribution in [0.5, 0.6) is 69.0 Å². The Balaban J connectivity index is -0.000000747. The molecule has 0 aliphatic rings. The fourth-order valence-electron chi connectivity index (χ4n) is 9.19. The zero-order valence-electron chi connectivity index (χ0n) is 73.8. The number of rotatable bonds is 48. The van der Waals surface area contributed by atoms with Gasteiger partial charge in [0, 0.05) is 24.3 Å². The van der Waals surface area contributed by atoms with Gasteiger partial charge in [-0.15, -0.1) is 0 Å². The van der Waals surface area contributed by atoms with E-state index in [1.807, 2.05) is 80.3 Å². The predicted molar refractivity (Wildman–Crippen MR) is 455 cm³/mol. The van der Waals surface area contributed by atoms with Crippen molar-refractivity contribution in [1.82, 2.24) is 9.80 Å². The zero-order chi connectivity index (χ0) is 96.4. The van der Waals surface area contributed by atoms with Crippen molar-refractivity contribution in [2.45, 2.75) is 12.8 Å². The quantitative estimate of drug-likeness (QED) is 0.00682. The molecule has 0 saturated carbocycles. The summed E-state index contributed by atoms with van der Waals surface area (Å²) < 4.78 is 182. The van der Waals surface area contributed by atoms with Crippen LogP contribution in [-0.2, 0) is 40.5 Å². The number of quaternary nitrogens is 4. The van der Waals surface area contributed by atoms with E-state index in [1.54, 1.807) is 40.3 Å². The van der Waals surface area contributed by atoms with E-state index in [0.29, 0.717) is 180 Å². The molecule has 2 N–H and O–H groups in total. The fraction of sp³-hybridized carbons (Fsp3) is 0.385. The van der Waals surface area contributed by atoms with Gasteiger partial charge in [-0.05, 0) is 133 Å². The van der Waals surface area contributed by atoms with Crippen molar-refractivity contribution >= 4 is 148 Å². The number of halogens is 4. The molecular weight excluding hydrogens is 2090 g/mol. The SMILES string of the molecule is CN(C)COc1cc(C=O)c(OCN(C)C)cc1C=O.C[N+](C)(C)COc1cc(C=O)c(OC[N+](C)(C)C)cc1C=O.C[N+](C)(CCCS(=O)(=O)[O-])COc1cc(C=O)c(OC[N+](C)(C)CCCS(=O)(=O)[O-])cc1C=O.O=Cc1cc(O)c(C=O)cc1O.O=Cc1cc(OCBr)c(C=O)cc1OCBr.O=Cc1cc(OCS(=O)(=O)[O-])c(C=O)cc1OCS(=O)(=O)[O-].[Br-].[Br-].[Na+].[Na+]. The number of alkyl halides is 2. The molecule has 52 heteroatoms. The van der Waals surface area contributed by atoms with Crippen LogP contribution in [0.4, 0.5) is 0 Å². The summed E-state index contributed by atoms with van der Waals surface area (Å²) in [4.78, 5) is 135. The fourth-order valence-corrected chi connectivity index (χ4v) is 11.2. The standard InChI is InChI=1S/C20H32N2O10S2.C16H26N2O4.C14H20N2O4.C10H8Br2O4.C10H10O10S2.C8H6O4.2BrH.2Na/c1-21(2,7-5-9-33(25,26)27)15-31-19-11-18(14-24)20(12-17(19)13-23)32-16-22(3,4)8-6-10-34(28,29)30;1-17(2,3)11-21-15-7-14(10-20)16(8-13(15)9-19)22-12-18(4,5)6;1-15(2)9-19-13-5-12(8-18)14(6-11(13)7-17)20-10-16(3)4;11-5-15-9-1-7(3-13)10(16-6-12)2-8(9)4-14;11-3-7-1-9(19-5-21(13,14)15)8(4-12)2-10(7)20-6-22(16,17)18;9-3-5-1-7(11)6(4-10)2-8(5)12;;;;/h11-14H,5-10,15-16H2,1-4H3;7-10H,11-12H2,1-6H3;5-8H,9-10H2,1-4H3;1-4H,5-6H2;1-4H,5-6H2,(H,13,14,15)(H,16,17,18);1-4,11-12H;2*1H;;/q;+2;;;;;;;2*+1/p-4. The topological polar surface area (TPSA) is 573 Å². The van der Waals surface area contributed by atoms with Gasteiger partial charge < -0.3 is 110 Å². The van der Waals surface area contributed by atoms with Crippen LogP contribution >= 0.6 is 31.9 Å². The molecule has 0 aliphatic heterocycles. The van der Waals surface area contributed by atoms with Crippen molar-refractivity contribution in [1.29, 1.82) is 0 Å². The monoisotopic (exact) mass is 2190 g/mol. The average molecular weight is 2190 g/mol. The van der Waals surface area contributed by atoms with Gasteiger partial charge in [0.05, 0.1) is 171 Å². The second-order valence-corrected chi connectivity index (χ2v) is 36.8. The molecule has 130 heavy (non-hydrogen) atoms. The molecule has 0 aromatic heterocycles. The number of benzene rings is 6. The van der Waals surface area contributed by atoms with Crippen molar-refractivity contribution in [3.05, 3.63) is 140 Å². The number of nitrogens with zero attached hydrogens (tertiary/aromatic N) is 6. The van der Waals surface area contributed by atoms with E-state index in [0.717, 1.165) is 24.3 Å². The maximum atomic E-state index is 11.6. The van der Waals surface area contributed by atoms with E-state index in [-0.39, 0.29) is 208 Å². The molecule has 0 radical (unpaired) electrons. The number of hydrogen-bond donors (Lipinski definition) is 2. The molecule has 0 saturated heterocycles. The number of carbonyl (C=O) groups is 12. The summed E-state index contributed by atoms with van der Waals surface area (Å²) in [6.45, 7) is 2.17. The maximum Gasteiger partial charge on any atom is 1.00 e. The molecule has 6 rings (SSSR count). The van der Waals surface area contributed by atoms with Crippen LogP contribution in [0.15, 0.2) is 72.8 Å². The maximum absolute atomic E-state index is 11.6. The normalized spacial score (nSPS) is 11.1. The number of phenols is 2. The van der Waals surface area contributed by atoms with Crippen molar-refractivity contribution in [2.75, 3.05) is 187 Å². The Morgan fingerprint density at radius 3 is 0.654 bits per heavy atom. The summed E-state index contributed by atoms with van der Waals surface area (Å²) in [5.41, 5.74) is 2.15. The van der Waals surface area contributed by atoms with Crippen LogP contribution in [0.25, 0.3) is 0 Å². The summed E-state index contributed by atoms with van der Waals surface area (Å²) in [6, 6.07) is 15.6. The molecule has 0 atom stereocenters. The minimum atomic E-state index is -4.73. The van der Waals surface area contributed by atoms with Gasteiger partial charge in [0.15, 0.2) is 87.3 Å². The van der Waals surface area contributed by atoms with E-state index in [2.05, 4.69) is 41.3 Å². The number of phenolic OH excluding ortho intramolecular Hbond substituents is 2. The van der Waals surface area contributed by atoms with Crippen molar-refractivity contribution in [3.8, 4) is 69.0 Å². The Morgan fingerprint density at radius 1 is 0.300 bits per heavy atom. The van der Waals surface area contributed by atoms with Gasteiger partial charge in [-0.2, -0.15) is 0 Å². The van der Waals surface area contributed by atoms with Crippen LogP contribution in [-0.4, -0.2) is 352 Å². The van der Waals surface area contributed by atoms with Crippen LogP contribution in [0.1, 0.15) is 137 Å². The zero-order valence-corrected chi connectivity index (χ0v) is 87.4. The van der Waals surface area contributed by atoms with Crippen LogP contribution in [0.2, 0.25) is 0 Å². The van der Waals surface area contributed by atoms with Crippen LogP contribution < -0.4 is 140 Å². The minimum absolute atomic E-state index is 0. The number of aromatic hydroxyl groups is 2. The Bertz CT molecular complexity index is 4900. The molecule has 6 aromatic rings. The van der Waals surface area contributed by atoms with E-state index in [9.17, 15) is 109 Å². The van der Waals surface area contributed by atoms with Gasteiger partial charge in [0.2, 0.25) is 26.9 Å². The Morgan fingerprint density at radius 2 is 0.485 bits per heavy atom. The first-order valence-corrected chi connectivity index (χ1v) is 44.6. The van der Waals surface area contributed by atoms with Crippen molar-refractivity contribution < 1.29 is 278 Å². The first kappa shape index (κ1) is 129.